The summed E-state index contributed by atoms with van der Waals surface area (Å²) < 4.78 is 13.1. The van der Waals surface area contributed by atoms with Gasteiger partial charge in [-0.05, 0) is 50.2 Å². The molecule has 0 unspecified atom stereocenters. The molecule has 1 amide bonds. The van der Waals surface area contributed by atoms with Gasteiger partial charge in [-0.15, -0.1) is 0 Å². The maximum atomic E-state index is 13.1. The predicted octanol–water partition coefficient (Wildman–Crippen LogP) is 3.20. The summed E-state index contributed by atoms with van der Waals surface area (Å²) in [6.07, 6.45) is 0. The first-order chi connectivity index (χ1) is 13.3. The minimum absolute atomic E-state index is 0.0502. The van der Waals surface area contributed by atoms with Crippen molar-refractivity contribution in [3.8, 4) is 0 Å². The summed E-state index contributed by atoms with van der Waals surface area (Å²) in [7, 11) is 0. The highest BCUT2D eigenvalue weighted by Gasteiger charge is 2.25. The van der Waals surface area contributed by atoms with Crippen LogP contribution in [0.25, 0.3) is 0 Å². The zero-order valence-electron chi connectivity index (χ0n) is 15.9. The quantitative estimate of drug-likeness (QED) is 0.631. The van der Waals surface area contributed by atoms with Crippen molar-refractivity contribution < 1.29 is 14.1 Å². The van der Waals surface area contributed by atoms with Gasteiger partial charge in [0.05, 0.1) is 4.92 Å². The molecule has 0 radical (unpaired) electrons. The van der Waals surface area contributed by atoms with Crippen molar-refractivity contribution in [2.24, 2.45) is 0 Å². The lowest BCUT2D eigenvalue weighted by Gasteiger charge is -2.37. The number of carbonyl (C=O) groups excluding carboxylic acids is 1. The molecular weight excluding hydrogens is 363 g/mol. The number of amides is 1. The Balaban J connectivity index is 1.75. The number of nitro benzene ring substituents is 1. The largest absolute Gasteiger partial charge is 0.368 e. The van der Waals surface area contributed by atoms with E-state index in [1.165, 1.54) is 18.2 Å². The number of rotatable bonds is 5. The molecule has 3 rings (SSSR count). The van der Waals surface area contributed by atoms with Crippen LogP contribution >= 0.6 is 0 Å². The average Bonchev–Trinajstić information content (AvgIpc) is 2.67. The van der Waals surface area contributed by atoms with Crippen LogP contribution in [-0.4, -0.2) is 43.1 Å². The number of hydrogen-bond donors (Lipinski definition) is 1. The molecule has 2 aromatic carbocycles. The van der Waals surface area contributed by atoms with Gasteiger partial charge < -0.3 is 15.1 Å². The molecule has 0 bridgehead atoms. The van der Waals surface area contributed by atoms with E-state index >= 15 is 0 Å². The minimum atomic E-state index is -0.451. The molecule has 7 nitrogen and oxygen atoms in total. The Hall–Kier alpha value is -3.16. The molecule has 0 aliphatic carbocycles. The highest BCUT2D eigenvalue weighted by molar-refractivity contribution is 5.96. The summed E-state index contributed by atoms with van der Waals surface area (Å²) >= 11 is 0. The van der Waals surface area contributed by atoms with Crippen LogP contribution < -0.4 is 15.1 Å². The van der Waals surface area contributed by atoms with Gasteiger partial charge in [-0.3, -0.25) is 14.9 Å². The molecule has 0 spiro atoms. The van der Waals surface area contributed by atoms with Crippen LogP contribution in [0.2, 0.25) is 0 Å². The molecule has 1 heterocycles. The van der Waals surface area contributed by atoms with Crippen LogP contribution in [0.1, 0.15) is 24.2 Å². The molecule has 28 heavy (non-hydrogen) atoms. The smallest absolute Gasteiger partial charge is 0.293 e. The topological polar surface area (TPSA) is 78.7 Å². The van der Waals surface area contributed by atoms with E-state index in [0.717, 1.165) is 5.69 Å². The molecule has 1 fully saturated rings. The number of nitro groups is 1. The fourth-order valence-electron chi connectivity index (χ4n) is 3.28. The zero-order valence-corrected chi connectivity index (χ0v) is 15.9. The second-order valence-electron chi connectivity index (χ2n) is 7.04. The lowest BCUT2D eigenvalue weighted by atomic mass is 10.1. The lowest BCUT2D eigenvalue weighted by molar-refractivity contribution is -0.384. The van der Waals surface area contributed by atoms with E-state index in [4.69, 9.17) is 0 Å². The number of nitrogens with zero attached hydrogens (tertiary/aromatic N) is 3. The minimum Gasteiger partial charge on any atom is -0.368 e. The maximum absolute atomic E-state index is 13.1. The Kier molecular flexibility index (Phi) is 5.77. The molecule has 0 aromatic heterocycles. The van der Waals surface area contributed by atoms with Crippen molar-refractivity contribution in [3.63, 3.8) is 0 Å². The van der Waals surface area contributed by atoms with E-state index in [9.17, 15) is 19.3 Å². The summed E-state index contributed by atoms with van der Waals surface area (Å²) in [4.78, 5) is 27.4. The fourth-order valence-corrected chi connectivity index (χ4v) is 3.28. The summed E-state index contributed by atoms with van der Waals surface area (Å²) in [5, 5.41) is 14.3. The molecule has 1 aliphatic heterocycles. The maximum Gasteiger partial charge on any atom is 0.293 e. The SMILES string of the molecule is CC(C)NC(=O)c1ccc(N2CCN(c3ccc(F)cc3)CC2)c([N+](=O)[O-])c1. The monoisotopic (exact) mass is 386 g/mol. The van der Waals surface area contributed by atoms with Crippen molar-refractivity contribution in [1.29, 1.82) is 0 Å². The Morgan fingerprint density at radius 2 is 1.68 bits per heavy atom. The van der Waals surface area contributed by atoms with Crippen LogP contribution in [0.15, 0.2) is 42.5 Å². The summed E-state index contributed by atoms with van der Waals surface area (Å²) in [6.45, 7) is 6.19. The standard InChI is InChI=1S/C20H23FN4O3/c1-14(2)22-20(26)15-3-8-18(19(13-15)25(27)28)24-11-9-23(10-12-24)17-6-4-16(21)5-7-17/h3-8,13-14H,9-12H2,1-2H3,(H,22,26). The van der Waals surface area contributed by atoms with E-state index in [0.29, 0.717) is 31.9 Å². The van der Waals surface area contributed by atoms with E-state index in [-0.39, 0.29) is 29.0 Å². The van der Waals surface area contributed by atoms with Crippen LogP contribution in [0.5, 0.6) is 0 Å². The lowest BCUT2D eigenvalue weighted by Crippen LogP contribution is -2.46. The first kappa shape index (κ1) is 19.6. The van der Waals surface area contributed by atoms with E-state index in [1.54, 1.807) is 24.3 Å². The summed E-state index contributed by atoms with van der Waals surface area (Å²) in [5.74, 6) is -0.606. The molecule has 8 heteroatoms. The van der Waals surface area contributed by atoms with Crippen molar-refractivity contribution in [1.82, 2.24) is 5.32 Å². The highest BCUT2D eigenvalue weighted by atomic mass is 19.1. The summed E-state index contributed by atoms with van der Waals surface area (Å²) in [5.41, 5.74) is 1.63. The fraction of sp³-hybridized carbons (Fsp3) is 0.350. The molecule has 0 atom stereocenters. The van der Waals surface area contributed by atoms with Crippen LogP contribution in [0, 0.1) is 15.9 Å². The van der Waals surface area contributed by atoms with Crippen LogP contribution in [-0.2, 0) is 0 Å². The van der Waals surface area contributed by atoms with Gasteiger partial charge in [0.1, 0.15) is 11.5 Å². The van der Waals surface area contributed by atoms with Crippen LogP contribution in [0.3, 0.4) is 0 Å². The van der Waals surface area contributed by atoms with Gasteiger partial charge in [0.15, 0.2) is 0 Å². The highest BCUT2D eigenvalue weighted by Crippen LogP contribution is 2.31. The van der Waals surface area contributed by atoms with Crippen molar-refractivity contribution in [2.75, 3.05) is 36.0 Å². The van der Waals surface area contributed by atoms with Gasteiger partial charge in [-0.1, -0.05) is 0 Å². The van der Waals surface area contributed by atoms with Crippen LogP contribution in [0.4, 0.5) is 21.5 Å². The Morgan fingerprint density at radius 1 is 1.07 bits per heavy atom. The first-order valence-corrected chi connectivity index (χ1v) is 9.20. The average molecular weight is 386 g/mol. The zero-order chi connectivity index (χ0) is 20.3. The second-order valence-corrected chi connectivity index (χ2v) is 7.04. The number of halogens is 1. The normalized spacial score (nSPS) is 14.3. The number of carbonyl (C=O) groups is 1. The van der Waals surface area contributed by atoms with Gasteiger partial charge >= 0.3 is 0 Å². The Morgan fingerprint density at radius 3 is 2.25 bits per heavy atom. The first-order valence-electron chi connectivity index (χ1n) is 9.20. The van der Waals surface area contributed by atoms with Gasteiger partial charge in [0.25, 0.3) is 11.6 Å². The van der Waals surface area contributed by atoms with Crippen molar-refractivity contribution in [2.45, 2.75) is 19.9 Å². The molecular formula is C20H23FN4O3. The molecule has 0 saturated carbocycles. The molecule has 1 saturated heterocycles. The van der Waals surface area contributed by atoms with Gasteiger partial charge in [0.2, 0.25) is 0 Å². The Bertz CT molecular complexity index is 862. The van der Waals surface area contributed by atoms with Gasteiger partial charge in [-0.25, -0.2) is 4.39 Å². The Labute approximate surface area is 162 Å². The molecule has 2 aromatic rings. The van der Waals surface area contributed by atoms with E-state index in [1.807, 2.05) is 18.7 Å². The number of anilines is 2. The predicted molar refractivity (Wildman–Crippen MR) is 107 cm³/mol. The van der Waals surface area contributed by atoms with Crippen molar-refractivity contribution >= 4 is 23.0 Å². The summed E-state index contributed by atoms with van der Waals surface area (Å²) in [6, 6.07) is 10.9. The second kappa shape index (κ2) is 8.24. The number of hydrogen-bond acceptors (Lipinski definition) is 5. The third kappa shape index (κ3) is 4.39. The third-order valence-electron chi connectivity index (χ3n) is 4.67. The van der Waals surface area contributed by atoms with Gasteiger partial charge in [0, 0.05) is 49.5 Å². The van der Waals surface area contributed by atoms with E-state index in [2.05, 4.69) is 10.2 Å². The molecule has 148 valence electrons. The van der Waals surface area contributed by atoms with E-state index < -0.39 is 4.92 Å². The molecule has 1 aliphatic rings. The number of piperazine rings is 1. The number of benzene rings is 2. The third-order valence-corrected chi connectivity index (χ3v) is 4.67. The van der Waals surface area contributed by atoms with Crippen molar-refractivity contribution in [3.05, 3.63) is 64.0 Å². The van der Waals surface area contributed by atoms with Gasteiger partial charge in [-0.2, -0.15) is 0 Å². The number of nitrogens with one attached hydrogen (secondary N) is 1. The molecule has 1 N–H and O–H groups in total.